The van der Waals surface area contributed by atoms with Crippen LogP contribution in [0.3, 0.4) is 0 Å². The maximum atomic E-state index is 11.6. The lowest BCUT2D eigenvalue weighted by Crippen LogP contribution is -2.28. The van der Waals surface area contributed by atoms with Crippen LogP contribution in [-0.4, -0.2) is 17.2 Å². The summed E-state index contributed by atoms with van der Waals surface area (Å²) in [5.74, 6) is -0.672. The van der Waals surface area contributed by atoms with Gasteiger partial charge in [0, 0.05) is 4.47 Å². The first kappa shape index (κ1) is 17.7. The van der Waals surface area contributed by atoms with Crippen LogP contribution in [0, 0.1) is 5.92 Å². The number of carboxylic acids is 1. The van der Waals surface area contributed by atoms with E-state index in [0.717, 1.165) is 15.6 Å². The van der Waals surface area contributed by atoms with Gasteiger partial charge in [-0.05, 0) is 35.6 Å². The molecule has 0 aliphatic carbocycles. The van der Waals surface area contributed by atoms with Crippen LogP contribution in [-0.2, 0) is 9.53 Å². The van der Waals surface area contributed by atoms with Crippen LogP contribution in [0.1, 0.15) is 37.5 Å². The van der Waals surface area contributed by atoms with E-state index in [1.807, 2.05) is 68.4 Å². The summed E-state index contributed by atoms with van der Waals surface area (Å²) in [7, 11) is 0. The molecule has 1 unspecified atom stereocenters. The molecule has 4 heteroatoms. The molecule has 0 saturated carbocycles. The molecule has 0 bridgehead atoms. The van der Waals surface area contributed by atoms with Gasteiger partial charge < -0.3 is 9.84 Å². The highest BCUT2D eigenvalue weighted by atomic mass is 79.9. The fraction of sp³-hybridized carbons (Fsp3) is 0.316. The van der Waals surface area contributed by atoms with E-state index in [9.17, 15) is 9.90 Å². The van der Waals surface area contributed by atoms with Gasteiger partial charge in [-0.2, -0.15) is 0 Å². The van der Waals surface area contributed by atoms with E-state index in [4.69, 9.17) is 4.74 Å². The molecule has 0 aliphatic rings. The largest absolute Gasteiger partial charge is 0.479 e. The van der Waals surface area contributed by atoms with E-state index in [1.54, 1.807) is 0 Å². The Bertz CT molecular complexity index is 623. The zero-order chi connectivity index (χ0) is 16.8. The van der Waals surface area contributed by atoms with E-state index in [1.165, 1.54) is 0 Å². The van der Waals surface area contributed by atoms with E-state index in [-0.39, 0.29) is 5.92 Å². The zero-order valence-electron chi connectivity index (χ0n) is 13.3. The zero-order valence-corrected chi connectivity index (χ0v) is 14.9. The highest BCUT2D eigenvalue weighted by Gasteiger charge is 2.26. The van der Waals surface area contributed by atoms with Crippen LogP contribution in [0.15, 0.2) is 59.1 Å². The number of hydrogen-bond acceptors (Lipinski definition) is 2. The summed E-state index contributed by atoms with van der Waals surface area (Å²) in [5.41, 5.74) is 1.89. The van der Waals surface area contributed by atoms with Gasteiger partial charge in [0.1, 0.15) is 6.10 Å². The molecule has 0 aromatic heterocycles. The van der Waals surface area contributed by atoms with Crippen molar-refractivity contribution in [2.45, 2.75) is 32.5 Å². The second-order valence-electron chi connectivity index (χ2n) is 5.93. The normalized spacial score (nSPS) is 13.7. The minimum atomic E-state index is -0.920. The van der Waals surface area contributed by atoms with Crippen LogP contribution < -0.4 is 0 Å². The number of carbonyl (C=O) groups is 1. The van der Waals surface area contributed by atoms with Gasteiger partial charge in [-0.3, -0.25) is 0 Å². The van der Waals surface area contributed by atoms with Gasteiger partial charge in [0.25, 0.3) is 0 Å². The molecule has 0 aliphatic heterocycles. The maximum Gasteiger partial charge on any atom is 0.332 e. The minimum Gasteiger partial charge on any atom is -0.479 e. The Hall–Kier alpha value is -1.65. The molecule has 122 valence electrons. The molecule has 0 saturated heterocycles. The van der Waals surface area contributed by atoms with Crippen molar-refractivity contribution in [2.24, 2.45) is 5.92 Å². The number of ether oxygens (including phenoxy) is 1. The van der Waals surface area contributed by atoms with E-state index >= 15 is 0 Å². The van der Waals surface area contributed by atoms with Gasteiger partial charge in [0.2, 0.25) is 0 Å². The van der Waals surface area contributed by atoms with Crippen molar-refractivity contribution in [1.82, 2.24) is 0 Å². The molecule has 0 heterocycles. The van der Waals surface area contributed by atoms with Crippen molar-refractivity contribution in [3.8, 4) is 0 Å². The lowest BCUT2D eigenvalue weighted by atomic mass is 10.00. The highest BCUT2D eigenvalue weighted by molar-refractivity contribution is 9.10. The van der Waals surface area contributed by atoms with Crippen LogP contribution in [0.4, 0.5) is 0 Å². The summed E-state index contributed by atoms with van der Waals surface area (Å²) in [6.45, 7) is 3.99. The molecule has 0 radical (unpaired) electrons. The third-order valence-corrected chi connectivity index (χ3v) is 4.07. The number of carboxylic acid groups (broad SMARTS) is 1. The number of benzene rings is 2. The van der Waals surface area contributed by atoms with Crippen molar-refractivity contribution >= 4 is 21.9 Å². The van der Waals surface area contributed by atoms with Crippen molar-refractivity contribution in [3.63, 3.8) is 0 Å². The van der Waals surface area contributed by atoms with Gasteiger partial charge in [0.15, 0.2) is 6.10 Å². The summed E-state index contributed by atoms with van der Waals surface area (Å²) in [6, 6.07) is 17.5. The molecule has 0 amide bonds. The molecule has 1 N–H and O–H groups in total. The quantitative estimate of drug-likeness (QED) is 0.734. The van der Waals surface area contributed by atoms with Gasteiger partial charge in [-0.25, -0.2) is 4.79 Å². The fourth-order valence-corrected chi connectivity index (χ4v) is 2.69. The maximum absolute atomic E-state index is 11.6. The average molecular weight is 377 g/mol. The standard InChI is InChI=1S/C19H21BrO3/c1-13(2)12-17(19(21)22)23-18(14-6-4-3-5-7-14)15-8-10-16(20)11-9-15/h3-11,13,17-18H,12H2,1-2H3,(H,21,22)/t17?,18-/m1/s1. The molecule has 0 fully saturated rings. The molecule has 2 aromatic carbocycles. The average Bonchev–Trinajstić information content (AvgIpc) is 2.53. The Morgan fingerprint density at radius 3 is 2.13 bits per heavy atom. The van der Waals surface area contributed by atoms with Crippen LogP contribution >= 0.6 is 15.9 Å². The van der Waals surface area contributed by atoms with Gasteiger partial charge >= 0.3 is 5.97 Å². The third kappa shape index (κ3) is 5.19. The molecule has 2 rings (SSSR count). The Labute approximate surface area is 145 Å². The Morgan fingerprint density at radius 1 is 1.04 bits per heavy atom. The van der Waals surface area contributed by atoms with Crippen molar-refractivity contribution < 1.29 is 14.6 Å². The first-order valence-corrected chi connectivity index (χ1v) is 8.45. The topological polar surface area (TPSA) is 46.5 Å². The SMILES string of the molecule is CC(C)CC(O[C@H](c1ccccc1)c1ccc(Br)cc1)C(=O)O. The molecule has 2 atom stereocenters. The summed E-state index contributed by atoms with van der Waals surface area (Å²) in [4.78, 5) is 11.6. The number of aliphatic carboxylic acids is 1. The summed E-state index contributed by atoms with van der Waals surface area (Å²) in [6.07, 6.45) is -0.747. The molecular formula is C19H21BrO3. The van der Waals surface area contributed by atoms with E-state index < -0.39 is 18.2 Å². The minimum absolute atomic E-state index is 0.248. The third-order valence-electron chi connectivity index (χ3n) is 3.54. The second kappa shape index (κ2) is 8.27. The number of halogens is 1. The Balaban J connectivity index is 2.33. The van der Waals surface area contributed by atoms with Gasteiger partial charge in [-0.1, -0.05) is 72.2 Å². The monoisotopic (exact) mass is 376 g/mol. The number of rotatable bonds is 7. The fourth-order valence-electron chi connectivity index (χ4n) is 2.42. The predicted octanol–water partition coefficient (Wildman–Crippen LogP) is 5.05. The van der Waals surface area contributed by atoms with Gasteiger partial charge in [-0.15, -0.1) is 0 Å². The highest BCUT2D eigenvalue weighted by Crippen LogP contribution is 2.29. The summed E-state index contributed by atoms with van der Waals surface area (Å²) >= 11 is 3.42. The molecule has 2 aromatic rings. The smallest absolute Gasteiger partial charge is 0.332 e. The lowest BCUT2D eigenvalue weighted by Gasteiger charge is -2.24. The van der Waals surface area contributed by atoms with Crippen LogP contribution in [0.5, 0.6) is 0 Å². The molecule has 3 nitrogen and oxygen atoms in total. The van der Waals surface area contributed by atoms with Crippen molar-refractivity contribution in [1.29, 1.82) is 0 Å². The molecular weight excluding hydrogens is 356 g/mol. The summed E-state index contributed by atoms with van der Waals surface area (Å²) in [5, 5.41) is 9.48. The second-order valence-corrected chi connectivity index (χ2v) is 6.85. The first-order valence-electron chi connectivity index (χ1n) is 7.66. The van der Waals surface area contributed by atoms with E-state index in [2.05, 4.69) is 15.9 Å². The first-order chi connectivity index (χ1) is 11.0. The molecule has 0 spiro atoms. The van der Waals surface area contributed by atoms with E-state index in [0.29, 0.717) is 6.42 Å². The van der Waals surface area contributed by atoms with Crippen molar-refractivity contribution in [3.05, 3.63) is 70.2 Å². The van der Waals surface area contributed by atoms with Crippen LogP contribution in [0.2, 0.25) is 0 Å². The number of hydrogen-bond donors (Lipinski definition) is 1. The Kier molecular flexibility index (Phi) is 6.37. The molecule has 23 heavy (non-hydrogen) atoms. The summed E-state index contributed by atoms with van der Waals surface area (Å²) < 4.78 is 7.00. The predicted molar refractivity (Wildman–Crippen MR) is 94.4 cm³/mol. The Morgan fingerprint density at radius 2 is 1.61 bits per heavy atom. The van der Waals surface area contributed by atoms with Gasteiger partial charge in [0.05, 0.1) is 0 Å². The van der Waals surface area contributed by atoms with Crippen LogP contribution in [0.25, 0.3) is 0 Å². The van der Waals surface area contributed by atoms with Crippen molar-refractivity contribution in [2.75, 3.05) is 0 Å². The lowest BCUT2D eigenvalue weighted by molar-refractivity contribution is -0.154.